The molecule has 0 bridgehead atoms. The van der Waals surface area contributed by atoms with Crippen LogP contribution in [0, 0.1) is 0 Å². The molecule has 2 N–H and O–H groups in total. The van der Waals surface area contributed by atoms with Gasteiger partial charge in [-0.25, -0.2) is 4.79 Å². The third-order valence-electron chi connectivity index (χ3n) is 4.29. The van der Waals surface area contributed by atoms with Crippen LogP contribution in [0.25, 0.3) is 0 Å². The summed E-state index contributed by atoms with van der Waals surface area (Å²) in [6.45, 7) is 0. The van der Waals surface area contributed by atoms with Crippen molar-refractivity contribution in [3.05, 3.63) is 29.8 Å². The first-order valence-electron chi connectivity index (χ1n) is 7.73. The molecule has 1 saturated carbocycles. The first kappa shape index (κ1) is 16.3. The lowest BCUT2D eigenvalue weighted by atomic mass is 9.81. The van der Waals surface area contributed by atoms with Crippen molar-refractivity contribution < 1.29 is 19.4 Å². The van der Waals surface area contributed by atoms with Gasteiger partial charge >= 0.3 is 5.97 Å². The highest BCUT2D eigenvalue weighted by atomic mass is 16.5. The van der Waals surface area contributed by atoms with Gasteiger partial charge in [-0.3, -0.25) is 4.79 Å². The van der Waals surface area contributed by atoms with Gasteiger partial charge in [0.25, 0.3) is 0 Å². The van der Waals surface area contributed by atoms with E-state index in [0.717, 1.165) is 30.6 Å². The zero-order valence-corrected chi connectivity index (χ0v) is 12.9. The number of rotatable bonds is 6. The number of carboxylic acids is 1. The van der Waals surface area contributed by atoms with E-state index in [2.05, 4.69) is 5.32 Å². The first-order valence-corrected chi connectivity index (χ1v) is 7.73. The molecule has 1 aliphatic rings. The van der Waals surface area contributed by atoms with Crippen LogP contribution in [0.2, 0.25) is 0 Å². The molecule has 5 nitrogen and oxygen atoms in total. The van der Waals surface area contributed by atoms with Crippen molar-refractivity contribution in [3.63, 3.8) is 0 Å². The second-order valence-electron chi connectivity index (χ2n) is 5.84. The number of hydrogen-bond acceptors (Lipinski definition) is 3. The van der Waals surface area contributed by atoms with Gasteiger partial charge in [0.1, 0.15) is 11.3 Å². The molecule has 1 aliphatic carbocycles. The van der Waals surface area contributed by atoms with Gasteiger partial charge in [0.05, 0.1) is 7.11 Å². The van der Waals surface area contributed by atoms with Gasteiger partial charge < -0.3 is 15.2 Å². The van der Waals surface area contributed by atoms with E-state index in [1.165, 1.54) is 0 Å². The lowest BCUT2D eigenvalue weighted by Crippen LogP contribution is -2.55. The number of aryl methyl sites for hydroxylation is 1. The third kappa shape index (κ3) is 4.00. The predicted octanol–water partition coefficient (Wildman–Crippen LogP) is 2.53. The lowest BCUT2D eigenvalue weighted by Gasteiger charge is -2.34. The van der Waals surface area contributed by atoms with E-state index < -0.39 is 11.5 Å². The Morgan fingerprint density at radius 2 is 1.82 bits per heavy atom. The quantitative estimate of drug-likeness (QED) is 0.847. The second-order valence-corrected chi connectivity index (χ2v) is 5.84. The normalized spacial score (nSPS) is 16.8. The van der Waals surface area contributed by atoms with Crippen LogP contribution in [-0.4, -0.2) is 29.6 Å². The van der Waals surface area contributed by atoms with Crippen LogP contribution in [0.3, 0.4) is 0 Å². The summed E-state index contributed by atoms with van der Waals surface area (Å²) in [6.07, 6.45) is 4.67. The summed E-state index contributed by atoms with van der Waals surface area (Å²) in [6, 6.07) is 7.54. The Labute approximate surface area is 130 Å². The Hall–Kier alpha value is -2.04. The second kappa shape index (κ2) is 7.29. The third-order valence-corrected chi connectivity index (χ3v) is 4.29. The Kier molecular flexibility index (Phi) is 5.41. The SMILES string of the molecule is COc1ccc(CCC(=O)NC2(C(=O)O)CCCCC2)cc1. The molecule has 0 heterocycles. The molecule has 1 aromatic rings. The van der Waals surface area contributed by atoms with E-state index in [-0.39, 0.29) is 5.91 Å². The van der Waals surface area contributed by atoms with Crippen LogP contribution >= 0.6 is 0 Å². The zero-order chi connectivity index (χ0) is 16.0. The van der Waals surface area contributed by atoms with Gasteiger partial charge in [-0.1, -0.05) is 31.4 Å². The summed E-state index contributed by atoms with van der Waals surface area (Å²) in [5, 5.41) is 12.2. The fraction of sp³-hybridized carbons (Fsp3) is 0.529. The van der Waals surface area contributed by atoms with Crippen molar-refractivity contribution in [1.29, 1.82) is 0 Å². The summed E-state index contributed by atoms with van der Waals surface area (Å²) in [7, 11) is 1.61. The molecule has 0 aromatic heterocycles. The number of benzene rings is 1. The lowest BCUT2D eigenvalue weighted by molar-refractivity contribution is -0.149. The monoisotopic (exact) mass is 305 g/mol. The number of aliphatic carboxylic acids is 1. The molecule has 0 atom stereocenters. The van der Waals surface area contributed by atoms with E-state index in [1.54, 1.807) is 7.11 Å². The minimum atomic E-state index is -1.06. The summed E-state index contributed by atoms with van der Waals surface area (Å²) in [5.74, 6) is -0.328. The average Bonchev–Trinajstić information content (AvgIpc) is 2.54. The molecule has 22 heavy (non-hydrogen) atoms. The average molecular weight is 305 g/mol. The highest BCUT2D eigenvalue weighted by Crippen LogP contribution is 2.28. The minimum Gasteiger partial charge on any atom is -0.497 e. The Balaban J connectivity index is 1.89. The summed E-state index contributed by atoms with van der Waals surface area (Å²) >= 11 is 0. The van der Waals surface area contributed by atoms with E-state index in [4.69, 9.17) is 4.74 Å². The highest BCUT2D eigenvalue weighted by Gasteiger charge is 2.40. The minimum absolute atomic E-state index is 0.194. The van der Waals surface area contributed by atoms with Crippen molar-refractivity contribution in [2.45, 2.75) is 50.5 Å². The molecule has 0 saturated heterocycles. The number of amides is 1. The molecular weight excluding hydrogens is 282 g/mol. The van der Waals surface area contributed by atoms with Crippen molar-refractivity contribution >= 4 is 11.9 Å². The van der Waals surface area contributed by atoms with Crippen molar-refractivity contribution in [1.82, 2.24) is 5.32 Å². The summed E-state index contributed by atoms with van der Waals surface area (Å²) < 4.78 is 5.09. The molecule has 0 radical (unpaired) electrons. The topological polar surface area (TPSA) is 75.6 Å². The van der Waals surface area contributed by atoms with Crippen molar-refractivity contribution in [2.75, 3.05) is 7.11 Å². The number of carboxylic acid groups (broad SMARTS) is 1. The molecule has 120 valence electrons. The van der Waals surface area contributed by atoms with Crippen molar-refractivity contribution in [3.8, 4) is 5.75 Å². The Morgan fingerprint density at radius 1 is 1.18 bits per heavy atom. The van der Waals surface area contributed by atoms with Gasteiger partial charge in [0.15, 0.2) is 0 Å². The molecule has 2 rings (SSSR count). The molecule has 0 unspecified atom stereocenters. The number of carbonyl (C=O) groups is 2. The summed E-state index contributed by atoms with van der Waals surface area (Å²) in [4.78, 5) is 23.6. The Morgan fingerprint density at radius 3 is 2.36 bits per heavy atom. The molecule has 1 amide bonds. The van der Waals surface area contributed by atoms with E-state index in [1.807, 2.05) is 24.3 Å². The van der Waals surface area contributed by atoms with E-state index in [0.29, 0.717) is 25.7 Å². The largest absolute Gasteiger partial charge is 0.497 e. The number of ether oxygens (including phenoxy) is 1. The van der Waals surface area contributed by atoms with Gasteiger partial charge in [-0.2, -0.15) is 0 Å². The molecule has 0 aliphatic heterocycles. The first-order chi connectivity index (χ1) is 10.6. The van der Waals surface area contributed by atoms with Crippen LogP contribution in [0.1, 0.15) is 44.1 Å². The van der Waals surface area contributed by atoms with Gasteiger partial charge in [0, 0.05) is 6.42 Å². The van der Waals surface area contributed by atoms with Gasteiger partial charge in [0.2, 0.25) is 5.91 Å². The van der Waals surface area contributed by atoms with Crippen LogP contribution in [0.15, 0.2) is 24.3 Å². The zero-order valence-electron chi connectivity index (χ0n) is 12.9. The maximum atomic E-state index is 12.1. The highest BCUT2D eigenvalue weighted by molar-refractivity contribution is 5.87. The predicted molar refractivity (Wildman–Crippen MR) is 82.9 cm³/mol. The molecular formula is C17H23NO4. The fourth-order valence-corrected chi connectivity index (χ4v) is 2.93. The van der Waals surface area contributed by atoms with Gasteiger partial charge in [-0.05, 0) is 37.0 Å². The van der Waals surface area contributed by atoms with Crippen LogP contribution in [0.5, 0.6) is 5.75 Å². The molecule has 1 fully saturated rings. The molecule has 0 spiro atoms. The van der Waals surface area contributed by atoms with Crippen LogP contribution in [-0.2, 0) is 16.0 Å². The summed E-state index contributed by atoms with van der Waals surface area (Å²) in [5.41, 5.74) is -0.0288. The van der Waals surface area contributed by atoms with Crippen LogP contribution in [0.4, 0.5) is 0 Å². The number of hydrogen-bond donors (Lipinski definition) is 2. The molecule has 1 aromatic carbocycles. The Bertz CT molecular complexity index is 518. The molecule has 5 heteroatoms. The smallest absolute Gasteiger partial charge is 0.329 e. The number of methoxy groups -OCH3 is 1. The van der Waals surface area contributed by atoms with Gasteiger partial charge in [-0.15, -0.1) is 0 Å². The van der Waals surface area contributed by atoms with Crippen LogP contribution < -0.4 is 10.1 Å². The van der Waals surface area contributed by atoms with E-state index >= 15 is 0 Å². The van der Waals surface area contributed by atoms with Crippen molar-refractivity contribution in [2.24, 2.45) is 0 Å². The standard InChI is InChI=1S/C17H23NO4/c1-22-14-8-5-13(6-9-14)7-10-15(19)18-17(16(20)21)11-3-2-4-12-17/h5-6,8-9H,2-4,7,10-12H2,1H3,(H,18,19)(H,20,21). The van der Waals surface area contributed by atoms with E-state index in [9.17, 15) is 14.7 Å². The number of nitrogens with one attached hydrogen (secondary N) is 1. The maximum Gasteiger partial charge on any atom is 0.329 e. The maximum absolute atomic E-state index is 12.1. The fourth-order valence-electron chi connectivity index (χ4n) is 2.93. The number of carbonyl (C=O) groups excluding carboxylic acids is 1.